The second-order valence-electron chi connectivity index (χ2n) is 6.27. The van der Waals surface area contributed by atoms with Crippen LogP contribution in [0.5, 0.6) is 0 Å². The van der Waals surface area contributed by atoms with Crippen molar-refractivity contribution >= 4 is 23.4 Å². The Morgan fingerprint density at radius 3 is 2.57 bits per heavy atom. The number of nitrogens with zero attached hydrogens (tertiary/aromatic N) is 5. The molecular weight excluding hydrogens is 378 g/mol. The van der Waals surface area contributed by atoms with Crippen molar-refractivity contribution in [3.63, 3.8) is 0 Å². The van der Waals surface area contributed by atoms with Gasteiger partial charge in [-0.05, 0) is 36.4 Å². The number of aryl methyl sites for hydroxylation is 1. The van der Waals surface area contributed by atoms with Crippen molar-refractivity contribution in [3.05, 3.63) is 76.1 Å². The largest absolute Gasteiger partial charge is 0.335 e. The van der Waals surface area contributed by atoms with E-state index in [9.17, 15) is 14.9 Å². The summed E-state index contributed by atoms with van der Waals surface area (Å²) in [5.74, 6) is -0.283. The van der Waals surface area contributed by atoms with Gasteiger partial charge in [0.15, 0.2) is 5.16 Å². The number of rotatable bonds is 6. The molecule has 3 aromatic rings. The molecule has 1 aromatic heterocycles. The topological polar surface area (TPSA) is 94.2 Å². The van der Waals surface area contributed by atoms with E-state index in [-0.39, 0.29) is 23.2 Å². The number of carbonyl (C=O) groups is 1. The summed E-state index contributed by atoms with van der Waals surface area (Å²) in [6, 6.07) is 13.9. The van der Waals surface area contributed by atoms with Gasteiger partial charge in [-0.3, -0.25) is 14.9 Å². The van der Waals surface area contributed by atoms with Crippen LogP contribution in [0.3, 0.4) is 0 Å². The average Bonchev–Trinajstić information content (AvgIpc) is 3.11. The Morgan fingerprint density at radius 2 is 1.96 bits per heavy atom. The van der Waals surface area contributed by atoms with Crippen molar-refractivity contribution in [2.75, 3.05) is 7.05 Å². The Balaban J connectivity index is 1.87. The van der Waals surface area contributed by atoms with E-state index in [1.807, 2.05) is 37.3 Å². The third-order valence-corrected chi connectivity index (χ3v) is 5.57. The van der Waals surface area contributed by atoms with Gasteiger partial charge >= 0.3 is 0 Å². The van der Waals surface area contributed by atoms with Crippen molar-refractivity contribution in [2.45, 2.75) is 23.0 Å². The van der Waals surface area contributed by atoms with E-state index in [4.69, 9.17) is 0 Å². The van der Waals surface area contributed by atoms with E-state index in [1.54, 1.807) is 35.7 Å². The zero-order valence-electron chi connectivity index (χ0n) is 15.6. The smallest absolute Gasteiger partial charge is 0.284 e. The summed E-state index contributed by atoms with van der Waals surface area (Å²) in [4.78, 5) is 25.9. The van der Waals surface area contributed by atoms with Crippen LogP contribution in [0.1, 0.15) is 28.9 Å². The number of nitro groups is 1. The quantitative estimate of drug-likeness (QED) is 0.465. The van der Waals surface area contributed by atoms with Crippen LogP contribution in [-0.2, 0) is 7.05 Å². The molecule has 1 atom stereocenters. The number of aromatic nitrogens is 3. The van der Waals surface area contributed by atoms with Crippen LogP contribution in [-0.4, -0.2) is 37.5 Å². The second-order valence-corrected chi connectivity index (χ2v) is 7.28. The minimum Gasteiger partial charge on any atom is -0.335 e. The lowest BCUT2D eigenvalue weighted by molar-refractivity contribution is -0.387. The standard InChI is InChI=1S/C19H19N5O3S/c1-13(14-7-5-4-6-8-14)23(3)18(25)15-9-10-17(16(11-15)24(26)27)28-19-21-20-12-22(19)2/h4-13H,1-3H3. The summed E-state index contributed by atoms with van der Waals surface area (Å²) in [6.45, 7) is 1.92. The molecule has 9 heteroatoms. The highest BCUT2D eigenvalue weighted by Gasteiger charge is 2.23. The first kappa shape index (κ1) is 19.6. The molecule has 0 saturated heterocycles. The molecule has 1 unspecified atom stereocenters. The lowest BCUT2D eigenvalue weighted by Crippen LogP contribution is -2.29. The molecule has 8 nitrogen and oxygen atoms in total. The van der Waals surface area contributed by atoms with Gasteiger partial charge in [-0.1, -0.05) is 30.3 Å². The van der Waals surface area contributed by atoms with E-state index in [1.165, 1.54) is 12.4 Å². The molecule has 2 aromatic carbocycles. The minimum atomic E-state index is -0.490. The van der Waals surface area contributed by atoms with E-state index in [0.717, 1.165) is 17.3 Å². The number of nitro benzene ring substituents is 1. The fourth-order valence-corrected chi connectivity index (χ4v) is 3.53. The van der Waals surface area contributed by atoms with Gasteiger partial charge in [0, 0.05) is 25.7 Å². The van der Waals surface area contributed by atoms with E-state index < -0.39 is 4.92 Å². The van der Waals surface area contributed by atoms with E-state index in [2.05, 4.69) is 10.2 Å². The van der Waals surface area contributed by atoms with Crippen molar-refractivity contribution < 1.29 is 9.72 Å². The first-order valence-electron chi connectivity index (χ1n) is 8.51. The fourth-order valence-electron chi connectivity index (χ4n) is 2.68. The Labute approximate surface area is 166 Å². The highest BCUT2D eigenvalue weighted by molar-refractivity contribution is 7.99. The SMILES string of the molecule is CC(c1ccccc1)N(C)C(=O)c1ccc(Sc2nncn2C)c([N+](=O)[O-])c1. The normalized spacial score (nSPS) is 11.8. The first-order valence-corrected chi connectivity index (χ1v) is 9.32. The number of hydrogen-bond donors (Lipinski definition) is 0. The molecule has 0 fully saturated rings. The van der Waals surface area contributed by atoms with Crippen LogP contribution in [0.4, 0.5) is 5.69 Å². The van der Waals surface area contributed by atoms with Crippen LogP contribution in [0.25, 0.3) is 0 Å². The monoisotopic (exact) mass is 397 g/mol. The third kappa shape index (κ3) is 4.04. The molecule has 0 N–H and O–H groups in total. The van der Waals surface area contributed by atoms with Crippen LogP contribution in [0.15, 0.2) is 64.9 Å². The van der Waals surface area contributed by atoms with Gasteiger partial charge in [-0.2, -0.15) is 0 Å². The van der Waals surface area contributed by atoms with Crippen LogP contribution < -0.4 is 0 Å². The zero-order valence-corrected chi connectivity index (χ0v) is 16.5. The van der Waals surface area contributed by atoms with E-state index >= 15 is 0 Å². The fraction of sp³-hybridized carbons (Fsp3) is 0.211. The molecular formula is C19H19N5O3S. The molecule has 0 aliphatic carbocycles. The highest BCUT2D eigenvalue weighted by atomic mass is 32.2. The van der Waals surface area contributed by atoms with Gasteiger partial charge in [0.1, 0.15) is 6.33 Å². The number of amides is 1. The minimum absolute atomic E-state index is 0.139. The van der Waals surface area contributed by atoms with Crippen molar-refractivity contribution in [1.82, 2.24) is 19.7 Å². The molecule has 0 bridgehead atoms. The van der Waals surface area contributed by atoms with Gasteiger partial charge in [-0.25, -0.2) is 0 Å². The van der Waals surface area contributed by atoms with E-state index in [0.29, 0.717) is 10.1 Å². The Kier molecular flexibility index (Phi) is 5.74. The maximum atomic E-state index is 12.9. The Bertz CT molecular complexity index is 1010. The summed E-state index contributed by atoms with van der Waals surface area (Å²) < 4.78 is 1.67. The lowest BCUT2D eigenvalue weighted by Gasteiger charge is -2.25. The maximum Gasteiger partial charge on any atom is 0.284 e. The first-order chi connectivity index (χ1) is 13.4. The predicted molar refractivity (Wildman–Crippen MR) is 105 cm³/mol. The van der Waals surface area contributed by atoms with Crippen molar-refractivity contribution in [1.29, 1.82) is 0 Å². The van der Waals surface area contributed by atoms with Crippen LogP contribution in [0.2, 0.25) is 0 Å². The van der Waals surface area contributed by atoms with Crippen LogP contribution in [0, 0.1) is 10.1 Å². The zero-order chi connectivity index (χ0) is 20.3. The molecule has 1 heterocycles. The number of hydrogen-bond acceptors (Lipinski definition) is 6. The van der Waals surface area contributed by atoms with Crippen molar-refractivity contribution in [3.8, 4) is 0 Å². The highest BCUT2D eigenvalue weighted by Crippen LogP contribution is 2.34. The Hall–Kier alpha value is -3.20. The van der Waals surface area contributed by atoms with Gasteiger partial charge in [0.2, 0.25) is 0 Å². The molecule has 0 aliphatic heterocycles. The molecule has 3 rings (SSSR count). The molecule has 1 amide bonds. The molecule has 0 saturated carbocycles. The van der Waals surface area contributed by atoms with Crippen molar-refractivity contribution in [2.24, 2.45) is 7.05 Å². The third-order valence-electron chi connectivity index (χ3n) is 4.46. The van der Waals surface area contributed by atoms with Gasteiger partial charge < -0.3 is 9.47 Å². The summed E-state index contributed by atoms with van der Waals surface area (Å²) in [5.41, 5.74) is 1.11. The number of benzene rings is 2. The molecule has 144 valence electrons. The summed E-state index contributed by atoms with van der Waals surface area (Å²) in [5, 5.41) is 19.8. The summed E-state index contributed by atoms with van der Waals surface area (Å²) >= 11 is 1.13. The summed E-state index contributed by atoms with van der Waals surface area (Å²) in [7, 11) is 3.44. The molecule has 0 aliphatic rings. The molecule has 0 radical (unpaired) electrons. The van der Waals surface area contributed by atoms with Gasteiger partial charge in [0.05, 0.1) is 15.9 Å². The molecule has 28 heavy (non-hydrogen) atoms. The molecule has 0 spiro atoms. The number of carbonyl (C=O) groups excluding carboxylic acids is 1. The van der Waals surface area contributed by atoms with Gasteiger partial charge in [0.25, 0.3) is 11.6 Å². The predicted octanol–water partition coefficient (Wildman–Crippen LogP) is 3.71. The average molecular weight is 397 g/mol. The maximum absolute atomic E-state index is 12.9. The second kappa shape index (κ2) is 8.22. The lowest BCUT2D eigenvalue weighted by atomic mass is 10.1. The van der Waals surface area contributed by atoms with Gasteiger partial charge in [-0.15, -0.1) is 10.2 Å². The Morgan fingerprint density at radius 1 is 1.25 bits per heavy atom. The summed E-state index contributed by atoms with van der Waals surface area (Å²) in [6.07, 6.45) is 1.52. The van der Waals surface area contributed by atoms with Crippen LogP contribution >= 0.6 is 11.8 Å².